The molecule has 0 spiro atoms. The Morgan fingerprint density at radius 3 is 3.20 bits per heavy atom. The van der Waals surface area contributed by atoms with E-state index in [0.717, 1.165) is 24.3 Å². The fraction of sp³-hybridized carbons (Fsp3) is 0.533. The van der Waals surface area contributed by atoms with Crippen LogP contribution in [0.25, 0.3) is 0 Å². The zero-order valence-electron chi connectivity index (χ0n) is 11.5. The van der Waals surface area contributed by atoms with E-state index in [9.17, 15) is 4.79 Å². The van der Waals surface area contributed by atoms with Crippen molar-refractivity contribution in [3.63, 3.8) is 0 Å². The highest BCUT2D eigenvalue weighted by Crippen LogP contribution is 2.23. The van der Waals surface area contributed by atoms with Crippen LogP contribution in [-0.4, -0.2) is 36.9 Å². The van der Waals surface area contributed by atoms with Crippen molar-refractivity contribution >= 4 is 17.2 Å². The van der Waals surface area contributed by atoms with Crippen LogP contribution >= 0.6 is 11.3 Å². The van der Waals surface area contributed by atoms with Crippen molar-refractivity contribution in [2.75, 3.05) is 19.8 Å². The molecule has 1 aliphatic rings. The number of rotatable bonds is 4. The molecule has 5 heteroatoms. The lowest BCUT2D eigenvalue weighted by atomic mass is 10.00. The number of nitrogens with one attached hydrogen (secondary N) is 1. The molecule has 0 radical (unpaired) electrons. The predicted molar refractivity (Wildman–Crippen MR) is 78.8 cm³/mol. The first-order chi connectivity index (χ1) is 9.74. The summed E-state index contributed by atoms with van der Waals surface area (Å²) < 4.78 is 5.61. The van der Waals surface area contributed by atoms with E-state index in [-0.39, 0.29) is 18.6 Å². The van der Waals surface area contributed by atoms with Gasteiger partial charge in [-0.2, -0.15) is 0 Å². The molecule has 2 heterocycles. The predicted octanol–water partition coefficient (Wildman–Crippen LogP) is 1.64. The molecule has 1 aromatic heterocycles. The van der Waals surface area contributed by atoms with Crippen molar-refractivity contribution in [2.24, 2.45) is 5.92 Å². The molecule has 1 amide bonds. The summed E-state index contributed by atoms with van der Waals surface area (Å²) in [6.07, 6.45) is 2.27. The molecule has 4 nitrogen and oxygen atoms in total. The molecular weight excluding hydrogens is 274 g/mol. The lowest BCUT2D eigenvalue weighted by molar-refractivity contribution is 0.0828. The standard InChI is InChI=1S/C15H19NO3S/c1-2-13-11(7-9-19-13)10-16-15(18)14-6-5-12(20-14)4-3-8-17/h5-6,11,13,17H,2,7-10H2,1H3,(H,16,18). The second-order valence-corrected chi connectivity index (χ2v) is 5.78. The SMILES string of the molecule is CCC1OCCC1CNC(=O)c1ccc(C#CCO)s1. The van der Waals surface area contributed by atoms with Crippen LogP contribution < -0.4 is 5.32 Å². The Kier molecular flexibility index (Phi) is 5.60. The van der Waals surface area contributed by atoms with Crippen molar-refractivity contribution < 1.29 is 14.6 Å². The van der Waals surface area contributed by atoms with Crippen molar-refractivity contribution in [1.82, 2.24) is 5.32 Å². The Hall–Kier alpha value is -1.35. The third-order valence-electron chi connectivity index (χ3n) is 3.39. The maximum Gasteiger partial charge on any atom is 0.261 e. The first-order valence-corrected chi connectivity index (χ1v) is 7.65. The van der Waals surface area contributed by atoms with Gasteiger partial charge in [0.05, 0.1) is 15.9 Å². The van der Waals surface area contributed by atoms with Gasteiger partial charge in [-0.25, -0.2) is 0 Å². The molecule has 0 aliphatic carbocycles. The zero-order valence-corrected chi connectivity index (χ0v) is 12.3. The van der Waals surface area contributed by atoms with E-state index < -0.39 is 0 Å². The molecule has 0 saturated carbocycles. The molecule has 2 unspecified atom stereocenters. The first kappa shape index (κ1) is 15.0. The van der Waals surface area contributed by atoms with E-state index in [2.05, 4.69) is 24.1 Å². The highest BCUT2D eigenvalue weighted by molar-refractivity contribution is 7.14. The van der Waals surface area contributed by atoms with Crippen LogP contribution in [0.15, 0.2) is 12.1 Å². The van der Waals surface area contributed by atoms with Gasteiger partial charge in [-0.1, -0.05) is 18.8 Å². The summed E-state index contributed by atoms with van der Waals surface area (Å²) in [6, 6.07) is 3.57. The highest BCUT2D eigenvalue weighted by Gasteiger charge is 2.27. The Balaban J connectivity index is 1.87. The van der Waals surface area contributed by atoms with Gasteiger partial charge in [-0.3, -0.25) is 4.79 Å². The number of carbonyl (C=O) groups excluding carboxylic acids is 1. The van der Waals surface area contributed by atoms with Crippen molar-refractivity contribution in [1.29, 1.82) is 0 Å². The summed E-state index contributed by atoms with van der Waals surface area (Å²) >= 11 is 1.34. The number of amides is 1. The van der Waals surface area contributed by atoms with Gasteiger partial charge < -0.3 is 15.2 Å². The molecule has 1 fully saturated rings. The van der Waals surface area contributed by atoms with Gasteiger partial charge in [0.15, 0.2) is 0 Å². The molecule has 1 aromatic rings. The van der Waals surface area contributed by atoms with E-state index in [4.69, 9.17) is 9.84 Å². The van der Waals surface area contributed by atoms with Crippen molar-refractivity contribution in [3.8, 4) is 11.8 Å². The minimum absolute atomic E-state index is 0.0613. The third kappa shape index (κ3) is 3.83. The van der Waals surface area contributed by atoms with Crippen LogP contribution in [0.4, 0.5) is 0 Å². The van der Waals surface area contributed by atoms with Gasteiger partial charge in [0, 0.05) is 19.1 Å². The van der Waals surface area contributed by atoms with Gasteiger partial charge in [-0.05, 0) is 25.0 Å². The Morgan fingerprint density at radius 2 is 2.45 bits per heavy atom. The fourth-order valence-corrected chi connectivity index (χ4v) is 3.14. The van der Waals surface area contributed by atoms with Crippen LogP contribution in [0.3, 0.4) is 0 Å². The van der Waals surface area contributed by atoms with E-state index >= 15 is 0 Å². The van der Waals surface area contributed by atoms with Crippen molar-refractivity contribution in [3.05, 3.63) is 21.9 Å². The van der Waals surface area contributed by atoms with E-state index in [1.54, 1.807) is 12.1 Å². The Morgan fingerprint density at radius 1 is 1.60 bits per heavy atom. The molecule has 1 aliphatic heterocycles. The molecule has 2 atom stereocenters. The zero-order chi connectivity index (χ0) is 14.4. The molecule has 2 rings (SSSR count). The normalized spacial score (nSPS) is 21.3. The number of aliphatic hydroxyl groups excluding tert-OH is 1. The van der Waals surface area contributed by atoms with Crippen LogP contribution in [-0.2, 0) is 4.74 Å². The van der Waals surface area contributed by atoms with E-state index in [1.165, 1.54) is 11.3 Å². The first-order valence-electron chi connectivity index (χ1n) is 6.84. The fourth-order valence-electron chi connectivity index (χ4n) is 2.34. The number of hydrogen-bond acceptors (Lipinski definition) is 4. The summed E-state index contributed by atoms with van der Waals surface area (Å²) in [5.74, 6) is 5.73. The summed E-state index contributed by atoms with van der Waals surface area (Å²) in [6.45, 7) is 3.39. The average molecular weight is 293 g/mol. The maximum absolute atomic E-state index is 12.0. The molecular formula is C15H19NO3S. The molecule has 1 saturated heterocycles. The molecule has 0 bridgehead atoms. The van der Waals surface area contributed by atoms with Crippen molar-refractivity contribution in [2.45, 2.75) is 25.9 Å². The van der Waals surface area contributed by atoms with E-state index in [1.807, 2.05) is 0 Å². The Bertz CT molecular complexity index is 515. The van der Waals surface area contributed by atoms with Gasteiger partial charge in [-0.15, -0.1) is 11.3 Å². The minimum atomic E-state index is -0.167. The van der Waals surface area contributed by atoms with Gasteiger partial charge in [0.2, 0.25) is 0 Å². The van der Waals surface area contributed by atoms with Gasteiger partial charge in [0.25, 0.3) is 5.91 Å². The second kappa shape index (κ2) is 7.44. The topological polar surface area (TPSA) is 58.6 Å². The summed E-state index contributed by atoms with van der Waals surface area (Å²) in [4.78, 5) is 13.5. The van der Waals surface area contributed by atoms with Gasteiger partial charge >= 0.3 is 0 Å². The van der Waals surface area contributed by atoms with Gasteiger partial charge in [0.1, 0.15) is 6.61 Å². The molecule has 2 N–H and O–H groups in total. The average Bonchev–Trinajstić information content (AvgIpc) is 3.11. The monoisotopic (exact) mass is 293 g/mol. The highest BCUT2D eigenvalue weighted by atomic mass is 32.1. The summed E-state index contributed by atoms with van der Waals surface area (Å²) in [7, 11) is 0. The molecule has 20 heavy (non-hydrogen) atoms. The summed E-state index contributed by atoms with van der Waals surface area (Å²) in [5.41, 5.74) is 0. The number of thiophene rings is 1. The molecule has 0 aromatic carbocycles. The Labute approximate surface area is 123 Å². The lowest BCUT2D eigenvalue weighted by Gasteiger charge is -2.16. The van der Waals surface area contributed by atoms with Crippen LogP contribution in [0.5, 0.6) is 0 Å². The van der Waals surface area contributed by atoms with Crippen LogP contribution in [0.1, 0.15) is 34.3 Å². The molecule has 108 valence electrons. The van der Waals surface area contributed by atoms with E-state index in [0.29, 0.717) is 17.3 Å². The summed E-state index contributed by atoms with van der Waals surface area (Å²) in [5, 5.41) is 11.6. The van der Waals surface area contributed by atoms with Crippen LogP contribution in [0.2, 0.25) is 0 Å². The minimum Gasteiger partial charge on any atom is -0.384 e. The lowest BCUT2D eigenvalue weighted by Crippen LogP contribution is -2.32. The maximum atomic E-state index is 12.0. The second-order valence-electron chi connectivity index (χ2n) is 4.70. The largest absolute Gasteiger partial charge is 0.384 e. The quantitative estimate of drug-likeness (QED) is 0.830. The number of hydrogen-bond donors (Lipinski definition) is 2. The number of ether oxygens (including phenoxy) is 1. The number of carbonyl (C=O) groups is 1. The third-order valence-corrected chi connectivity index (χ3v) is 4.39. The smallest absolute Gasteiger partial charge is 0.261 e. The number of aliphatic hydroxyl groups is 1. The van der Waals surface area contributed by atoms with Crippen LogP contribution in [0, 0.1) is 17.8 Å².